The average molecular weight is 312 g/mol. The maximum absolute atomic E-state index is 13.8. The molecule has 112 valence electrons. The molecular formula is C15H15ClFNO3. The molecule has 1 aliphatic carbocycles. The Hall–Kier alpha value is -1.62. The van der Waals surface area contributed by atoms with Gasteiger partial charge in [0.15, 0.2) is 0 Å². The molecule has 0 radical (unpaired) electrons. The van der Waals surface area contributed by atoms with E-state index in [4.69, 9.17) is 11.6 Å². The van der Waals surface area contributed by atoms with Crippen molar-refractivity contribution in [3.8, 4) is 0 Å². The Kier molecular flexibility index (Phi) is 3.61. The number of rotatable bonds is 3. The van der Waals surface area contributed by atoms with Crippen LogP contribution in [0.25, 0.3) is 0 Å². The third kappa shape index (κ3) is 2.62. The molecule has 1 heterocycles. The van der Waals surface area contributed by atoms with E-state index in [-0.39, 0.29) is 23.0 Å². The topological polar surface area (TPSA) is 57.6 Å². The maximum Gasteiger partial charge on any atom is 0.308 e. The highest BCUT2D eigenvalue weighted by Gasteiger charge is 2.47. The Bertz CT molecular complexity index is 582. The molecular weight excluding hydrogens is 297 g/mol. The molecule has 0 aromatic heterocycles. The molecule has 1 amide bonds. The maximum atomic E-state index is 13.8. The summed E-state index contributed by atoms with van der Waals surface area (Å²) in [6.45, 7) is 0.491. The van der Waals surface area contributed by atoms with Gasteiger partial charge in [-0.15, -0.1) is 0 Å². The van der Waals surface area contributed by atoms with Gasteiger partial charge in [0.05, 0.1) is 16.5 Å². The number of hydrogen-bond donors (Lipinski definition) is 1. The average Bonchev–Trinajstić information content (AvgIpc) is 3.16. The zero-order chi connectivity index (χ0) is 15.1. The first kappa shape index (κ1) is 14.3. The van der Waals surface area contributed by atoms with E-state index in [9.17, 15) is 19.1 Å². The van der Waals surface area contributed by atoms with Crippen LogP contribution < -0.4 is 0 Å². The highest BCUT2D eigenvalue weighted by molar-refractivity contribution is 6.33. The van der Waals surface area contributed by atoms with Crippen LogP contribution in [-0.2, 0) is 4.79 Å². The van der Waals surface area contributed by atoms with Crippen molar-refractivity contribution in [1.82, 2.24) is 4.90 Å². The third-order valence-electron chi connectivity index (χ3n) is 4.37. The molecule has 0 spiro atoms. The lowest BCUT2D eigenvalue weighted by molar-refractivity contribution is -0.142. The number of carbonyl (C=O) groups excluding carboxylic acids is 1. The van der Waals surface area contributed by atoms with Crippen molar-refractivity contribution in [2.24, 2.45) is 17.8 Å². The second-order valence-electron chi connectivity index (χ2n) is 5.75. The lowest BCUT2D eigenvalue weighted by Crippen LogP contribution is -2.30. The summed E-state index contributed by atoms with van der Waals surface area (Å²) in [4.78, 5) is 25.2. The van der Waals surface area contributed by atoms with Crippen molar-refractivity contribution in [3.05, 3.63) is 34.6 Å². The summed E-state index contributed by atoms with van der Waals surface area (Å²) in [6, 6.07) is 4.08. The predicted molar refractivity (Wildman–Crippen MR) is 74.7 cm³/mol. The van der Waals surface area contributed by atoms with Crippen molar-refractivity contribution >= 4 is 23.5 Å². The van der Waals surface area contributed by atoms with Crippen LogP contribution in [0.1, 0.15) is 23.2 Å². The van der Waals surface area contributed by atoms with E-state index in [1.807, 2.05) is 0 Å². The van der Waals surface area contributed by atoms with Gasteiger partial charge in [-0.05, 0) is 36.8 Å². The van der Waals surface area contributed by atoms with E-state index in [2.05, 4.69) is 0 Å². The summed E-state index contributed by atoms with van der Waals surface area (Å²) in [5.74, 6) is -2.30. The number of halogens is 2. The fourth-order valence-corrected chi connectivity index (χ4v) is 3.36. The molecule has 3 rings (SSSR count). The summed E-state index contributed by atoms with van der Waals surface area (Å²) in [5, 5.41) is 9.36. The number of benzene rings is 1. The van der Waals surface area contributed by atoms with Crippen LogP contribution in [0.5, 0.6) is 0 Å². The normalized spacial score (nSPS) is 25.1. The molecule has 2 aliphatic rings. The van der Waals surface area contributed by atoms with Crippen LogP contribution in [-0.4, -0.2) is 35.0 Å². The highest BCUT2D eigenvalue weighted by atomic mass is 35.5. The zero-order valence-corrected chi connectivity index (χ0v) is 12.0. The number of nitrogens with zero attached hydrogens (tertiary/aromatic N) is 1. The molecule has 2 atom stereocenters. The Labute approximate surface area is 126 Å². The SMILES string of the molecule is O=C(O)[C@@H]1CN(C(=O)c2c(F)cccc2Cl)C[C@H]1C1CC1. The molecule has 1 N–H and O–H groups in total. The Balaban J connectivity index is 1.84. The molecule has 4 nitrogen and oxygen atoms in total. The van der Waals surface area contributed by atoms with Gasteiger partial charge in [0.25, 0.3) is 5.91 Å². The monoisotopic (exact) mass is 311 g/mol. The van der Waals surface area contributed by atoms with Gasteiger partial charge in [-0.1, -0.05) is 17.7 Å². The molecule has 1 aromatic carbocycles. The van der Waals surface area contributed by atoms with E-state index >= 15 is 0 Å². The van der Waals surface area contributed by atoms with Gasteiger partial charge in [0, 0.05) is 13.1 Å². The molecule has 1 aromatic rings. The molecule has 1 saturated carbocycles. The highest BCUT2D eigenvalue weighted by Crippen LogP contribution is 2.44. The summed E-state index contributed by atoms with van der Waals surface area (Å²) < 4.78 is 13.8. The van der Waals surface area contributed by atoms with Gasteiger partial charge in [-0.2, -0.15) is 0 Å². The van der Waals surface area contributed by atoms with Crippen LogP contribution in [0, 0.1) is 23.6 Å². The van der Waals surface area contributed by atoms with Crippen molar-refractivity contribution < 1.29 is 19.1 Å². The minimum atomic E-state index is -0.887. The Morgan fingerprint density at radius 2 is 2.00 bits per heavy atom. The summed E-state index contributed by atoms with van der Waals surface area (Å²) >= 11 is 5.91. The molecule has 21 heavy (non-hydrogen) atoms. The molecule has 6 heteroatoms. The van der Waals surface area contributed by atoms with E-state index in [1.54, 1.807) is 0 Å². The molecule has 1 saturated heterocycles. The fraction of sp³-hybridized carbons (Fsp3) is 0.467. The van der Waals surface area contributed by atoms with Gasteiger partial charge in [-0.25, -0.2) is 4.39 Å². The minimum absolute atomic E-state index is 0.0306. The van der Waals surface area contributed by atoms with Crippen molar-refractivity contribution in [3.63, 3.8) is 0 Å². The first-order valence-corrected chi connectivity index (χ1v) is 7.33. The van der Waals surface area contributed by atoms with Crippen LogP contribution in [0.15, 0.2) is 18.2 Å². The summed E-state index contributed by atoms with van der Waals surface area (Å²) in [7, 11) is 0. The van der Waals surface area contributed by atoms with E-state index in [1.165, 1.54) is 23.1 Å². The number of aliphatic carboxylic acids is 1. The van der Waals surface area contributed by atoms with Gasteiger partial charge < -0.3 is 10.0 Å². The van der Waals surface area contributed by atoms with E-state index in [0.29, 0.717) is 12.5 Å². The van der Waals surface area contributed by atoms with Crippen molar-refractivity contribution in [2.45, 2.75) is 12.8 Å². The number of carboxylic acid groups (broad SMARTS) is 1. The predicted octanol–water partition coefficient (Wildman–Crippen LogP) is 2.66. The van der Waals surface area contributed by atoms with Crippen LogP contribution in [0.4, 0.5) is 4.39 Å². The number of likely N-dealkylation sites (tertiary alicyclic amines) is 1. The minimum Gasteiger partial charge on any atom is -0.481 e. The standard InChI is InChI=1S/C15H15ClFNO3/c16-11-2-1-3-12(17)13(11)14(19)18-6-9(8-4-5-8)10(7-18)15(20)21/h1-3,8-10H,4-7H2,(H,20,21)/t9-,10+/m0/s1. The third-order valence-corrected chi connectivity index (χ3v) is 4.69. The van der Waals surface area contributed by atoms with E-state index < -0.39 is 23.6 Å². The Morgan fingerprint density at radius 3 is 2.57 bits per heavy atom. The number of carboxylic acids is 1. The second kappa shape index (κ2) is 5.30. The van der Waals surface area contributed by atoms with Gasteiger partial charge in [0.1, 0.15) is 5.82 Å². The largest absolute Gasteiger partial charge is 0.481 e. The lowest BCUT2D eigenvalue weighted by atomic mass is 9.92. The number of amides is 1. The fourth-order valence-electron chi connectivity index (χ4n) is 3.12. The molecule has 1 aliphatic heterocycles. The van der Waals surface area contributed by atoms with Crippen LogP contribution in [0.2, 0.25) is 5.02 Å². The molecule has 0 unspecified atom stereocenters. The molecule has 2 fully saturated rings. The first-order valence-electron chi connectivity index (χ1n) is 6.95. The van der Waals surface area contributed by atoms with Gasteiger partial charge in [-0.3, -0.25) is 9.59 Å². The van der Waals surface area contributed by atoms with Crippen LogP contribution in [0.3, 0.4) is 0 Å². The summed E-state index contributed by atoms with van der Waals surface area (Å²) in [5.41, 5.74) is -0.167. The second-order valence-corrected chi connectivity index (χ2v) is 6.16. The number of hydrogen-bond acceptors (Lipinski definition) is 2. The smallest absolute Gasteiger partial charge is 0.308 e. The number of carbonyl (C=O) groups is 2. The lowest BCUT2D eigenvalue weighted by Gasteiger charge is -2.17. The van der Waals surface area contributed by atoms with Gasteiger partial charge in [0.2, 0.25) is 0 Å². The summed E-state index contributed by atoms with van der Waals surface area (Å²) in [6.07, 6.45) is 2.02. The quantitative estimate of drug-likeness (QED) is 0.933. The Morgan fingerprint density at radius 1 is 1.29 bits per heavy atom. The van der Waals surface area contributed by atoms with Crippen LogP contribution >= 0.6 is 11.6 Å². The van der Waals surface area contributed by atoms with Gasteiger partial charge >= 0.3 is 5.97 Å². The first-order chi connectivity index (χ1) is 9.99. The van der Waals surface area contributed by atoms with E-state index in [0.717, 1.165) is 12.8 Å². The molecule has 0 bridgehead atoms. The zero-order valence-electron chi connectivity index (χ0n) is 11.3. The van der Waals surface area contributed by atoms with Crippen molar-refractivity contribution in [2.75, 3.05) is 13.1 Å². The van der Waals surface area contributed by atoms with Crippen molar-refractivity contribution in [1.29, 1.82) is 0 Å².